The van der Waals surface area contributed by atoms with Crippen LogP contribution in [-0.4, -0.2) is 11.0 Å². The first-order chi connectivity index (χ1) is 8.31. The molecule has 1 heterocycles. The molecule has 3 rings (SSSR count). The van der Waals surface area contributed by atoms with Crippen LogP contribution in [0.1, 0.15) is 18.7 Å². The Labute approximate surface area is 108 Å². The van der Waals surface area contributed by atoms with E-state index in [0.717, 1.165) is 28.2 Å². The molecule has 0 radical (unpaired) electrons. The molecular formula is C13H13BrN2O. The zero-order valence-electron chi connectivity index (χ0n) is 9.32. The summed E-state index contributed by atoms with van der Waals surface area (Å²) in [5.74, 6) is 1.57. The van der Waals surface area contributed by atoms with Gasteiger partial charge in [0.05, 0.1) is 12.7 Å². The van der Waals surface area contributed by atoms with Crippen molar-refractivity contribution in [1.82, 2.24) is 10.3 Å². The van der Waals surface area contributed by atoms with E-state index in [4.69, 9.17) is 4.42 Å². The molecule has 0 spiro atoms. The number of aromatic nitrogens is 1. The van der Waals surface area contributed by atoms with Crippen LogP contribution >= 0.6 is 15.9 Å². The number of hydrogen-bond donors (Lipinski definition) is 1. The predicted octanol–water partition coefficient (Wildman–Crippen LogP) is 3.36. The minimum absolute atomic E-state index is 0.677. The molecule has 1 aliphatic carbocycles. The molecule has 1 aromatic heterocycles. The molecule has 2 aromatic rings. The van der Waals surface area contributed by atoms with Gasteiger partial charge in [-0.15, -0.1) is 0 Å². The zero-order chi connectivity index (χ0) is 11.7. The highest BCUT2D eigenvalue weighted by molar-refractivity contribution is 9.10. The average Bonchev–Trinajstić information content (AvgIpc) is 3.04. The number of oxazole rings is 1. The third-order valence-corrected chi connectivity index (χ3v) is 3.28. The summed E-state index contributed by atoms with van der Waals surface area (Å²) >= 11 is 3.45. The van der Waals surface area contributed by atoms with Crippen LogP contribution in [0.4, 0.5) is 0 Å². The number of nitrogens with one attached hydrogen (secondary N) is 1. The molecule has 0 aliphatic heterocycles. The zero-order valence-corrected chi connectivity index (χ0v) is 10.9. The van der Waals surface area contributed by atoms with Gasteiger partial charge in [-0.05, 0) is 25.0 Å². The van der Waals surface area contributed by atoms with Crippen LogP contribution in [0.15, 0.2) is 39.4 Å². The summed E-state index contributed by atoms with van der Waals surface area (Å²) in [6, 6.07) is 8.71. The van der Waals surface area contributed by atoms with Crippen molar-refractivity contribution in [1.29, 1.82) is 0 Å². The smallest absolute Gasteiger partial charge is 0.208 e. The van der Waals surface area contributed by atoms with Crippen molar-refractivity contribution in [3.63, 3.8) is 0 Å². The molecule has 17 heavy (non-hydrogen) atoms. The largest absolute Gasteiger partial charge is 0.439 e. The number of halogens is 1. The minimum Gasteiger partial charge on any atom is -0.439 e. The van der Waals surface area contributed by atoms with Crippen LogP contribution in [0.25, 0.3) is 11.3 Å². The van der Waals surface area contributed by atoms with E-state index in [2.05, 4.69) is 26.2 Å². The van der Waals surface area contributed by atoms with Crippen LogP contribution in [0, 0.1) is 0 Å². The molecule has 0 amide bonds. The normalized spacial score (nSPS) is 15.1. The Kier molecular flexibility index (Phi) is 2.99. The molecule has 0 unspecified atom stereocenters. The first-order valence-corrected chi connectivity index (χ1v) is 6.54. The van der Waals surface area contributed by atoms with Crippen molar-refractivity contribution in [3.8, 4) is 11.3 Å². The molecule has 4 heteroatoms. The summed E-state index contributed by atoms with van der Waals surface area (Å²) in [6.45, 7) is 0.721. The van der Waals surface area contributed by atoms with E-state index in [1.54, 1.807) is 6.20 Å². The van der Waals surface area contributed by atoms with Crippen molar-refractivity contribution in [3.05, 3.63) is 40.8 Å². The van der Waals surface area contributed by atoms with Gasteiger partial charge in [-0.2, -0.15) is 0 Å². The fourth-order valence-corrected chi connectivity index (χ4v) is 2.09. The summed E-state index contributed by atoms with van der Waals surface area (Å²) in [7, 11) is 0. The minimum atomic E-state index is 0.677. The quantitative estimate of drug-likeness (QED) is 0.939. The summed E-state index contributed by atoms with van der Waals surface area (Å²) in [4.78, 5) is 4.28. The van der Waals surface area contributed by atoms with E-state index in [1.165, 1.54) is 12.8 Å². The van der Waals surface area contributed by atoms with Crippen molar-refractivity contribution < 1.29 is 4.42 Å². The topological polar surface area (TPSA) is 38.1 Å². The van der Waals surface area contributed by atoms with Crippen LogP contribution in [-0.2, 0) is 6.54 Å². The lowest BCUT2D eigenvalue weighted by Crippen LogP contribution is -2.15. The number of benzene rings is 1. The highest BCUT2D eigenvalue weighted by atomic mass is 79.9. The molecule has 0 bridgehead atoms. The van der Waals surface area contributed by atoms with Crippen LogP contribution in [0.3, 0.4) is 0 Å². The second-order valence-electron chi connectivity index (χ2n) is 4.28. The lowest BCUT2D eigenvalue weighted by atomic mass is 10.2. The van der Waals surface area contributed by atoms with Crippen LogP contribution in [0.5, 0.6) is 0 Å². The van der Waals surface area contributed by atoms with Crippen molar-refractivity contribution in [2.24, 2.45) is 0 Å². The maximum Gasteiger partial charge on any atom is 0.208 e. The summed E-state index contributed by atoms with van der Waals surface area (Å²) in [6.07, 6.45) is 4.34. The van der Waals surface area contributed by atoms with Gasteiger partial charge in [-0.3, -0.25) is 0 Å². The van der Waals surface area contributed by atoms with Gasteiger partial charge in [-0.25, -0.2) is 4.98 Å². The highest BCUT2D eigenvalue weighted by Gasteiger charge is 2.20. The Morgan fingerprint density at radius 1 is 1.41 bits per heavy atom. The Bertz CT molecular complexity index is 520. The first kappa shape index (κ1) is 11.0. The first-order valence-electron chi connectivity index (χ1n) is 5.75. The van der Waals surface area contributed by atoms with Gasteiger partial charge in [0.15, 0.2) is 5.76 Å². The monoisotopic (exact) mass is 292 g/mol. The number of hydrogen-bond acceptors (Lipinski definition) is 3. The molecular weight excluding hydrogens is 280 g/mol. The number of nitrogens with zero attached hydrogens (tertiary/aromatic N) is 1. The van der Waals surface area contributed by atoms with E-state index in [0.29, 0.717) is 6.04 Å². The third kappa shape index (κ3) is 2.76. The summed E-state index contributed by atoms with van der Waals surface area (Å²) < 4.78 is 6.75. The van der Waals surface area contributed by atoms with E-state index >= 15 is 0 Å². The van der Waals surface area contributed by atoms with E-state index in [1.807, 2.05) is 24.3 Å². The lowest BCUT2D eigenvalue weighted by molar-refractivity contribution is 0.476. The maximum atomic E-state index is 5.71. The molecule has 1 N–H and O–H groups in total. The Balaban J connectivity index is 1.74. The Hall–Kier alpha value is -1.13. The molecule has 88 valence electrons. The standard InChI is InChI=1S/C13H13BrN2O/c14-10-3-1-2-9(6-10)12-7-16-13(17-12)8-15-11-4-5-11/h1-3,6-7,11,15H,4-5,8H2. The second-order valence-corrected chi connectivity index (χ2v) is 5.20. The van der Waals surface area contributed by atoms with Crippen LogP contribution in [0.2, 0.25) is 0 Å². The van der Waals surface area contributed by atoms with Crippen molar-refractivity contribution in [2.75, 3.05) is 0 Å². The third-order valence-electron chi connectivity index (χ3n) is 2.78. The van der Waals surface area contributed by atoms with Gasteiger partial charge >= 0.3 is 0 Å². The average molecular weight is 293 g/mol. The maximum absolute atomic E-state index is 5.71. The Morgan fingerprint density at radius 2 is 2.29 bits per heavy atom. The summed E-state index contributed by atoms with van der Waals surface area (Å²) in [5.41, 5.74) is 1.05. The lowest BCUT2D eigenvalue weighted by Gasteiger charge is -1.98. The van der Waals surface area contributed by atoms with Gasteiger partial charge < -0.3 is 9.73 Å². The fourth-order valence-electron chi connectivity index (χ4n) is 1.69. The van der Waals surface area contributed by atoms with Gasteiger partial charge in [0.1, 0.15) is 0 Å². The SMILES string of the molecule is Brc1cccc(-c2cnc(CNC3CC3)o2)c1. The van der Waals surface area contributed by atoms with E-state index < -0.39 is 0 Å². The van der Waals surface area contributed by atoms with E-state index in [9.17, 15) is 0 Å². The highest BCUT2D eigenvalue weighted by Crippen LogP contribution is 2.24. The van der Waals surface area contributed by atoms with E-state index in [-0.39, 0.29) is 0 Å². The predicted molar refractivity (Wildman–Crippen MR) is 69.5 cm³/mol. The number of rotatable bonds is 4. The van der Waals surface area contributed by atoms with Gasteiger partial charge in [-0.1, -0.05) is 28.1 Å². The fraction of sp³-hybridized carbons (Fsp3) is 0.308. The molecule has 1 fully saturated rings. The summed E-state index contributed by atoms with van der Waals surface area (Å²) in [5, 5.41) is 3.38. The van der Waals surface area contributed by atoms with Crippen molar-refractivity contribution >= 4 is 15.9 Å². The van der Waals surface area contributed by atoms with Gasteiger partial charge in [0.25, 0.3) is 0 Å². The van der Waals surface area contributed by atoms with Gasteiger partial charge in [0, 0.05) is 16.1 Å². The Morgan fingerprint density at radius 3 is 3.06 bits per heavy atom. The van der Waals surface area contributed by atoms with Crippen LogP contribution < -0.4 is 5.32 Å². The molecule has 1 saturated carbocycles. The van der Waals surface area contributed by atoms with Crippen molar-refractivity contribution in [2.45, 2.75) is 25.4 Å². The second kappa shape index (κ2) is 4.63. The molecule has 1 aliphatic rings. The molecule has 0 atom stereocenters. The van der Waals surface area contributed by atoms with Gasteiger partial charge in [0.2, 0.25) is 5.89 Å². The molecule has 3 nitrogen and oxygen atoms in total. The molecule has 1 aromatic carbocycles. The molecule has 0 saturated heterocycles.